The molecule has 1 aliphatic heterocycles. The first-order chi connectivity index (χ1) is 23.8. The maximum atomic E-state index is 13.4. The van der Waals surface area contributed by atoms with Crippen LogP contribution in [0.2, 0.25) is 0 Å². The lowest BCUT2D eigenvalue weighted by Gasteiger charge is -2.29. The Kier molecular flexibility index (Phi) is 17.9. The maximum Gasteiger partial charge on any atom is 0.326 e. The van der Waals surface area contributed by atoms with Crippen LogP contribution in [0.5, 0.6) is 0 Å². The van der Waals surface area contributed by atoms with Crippen molar-refractivity contribution in [2.45, 2.75) is 95.0 Å². The van der Waals surface area contributed by atoms with Crippen LogP contribution < -0.4 is 43.8 Å². The predicted octanol–water partition coefficient (Wildman–Crippen LogP) is -5.90. The Labute approximate surface area is 291 Å². The number of rotatable bonds is 22. The highest BCUT2D eigenvalue weighted by molar-refractivity contribution is 5.97. The van der Waals surface area contributed by atoms with Crippen molar-refractivity contribution in [3.05, 3.63) is 0 Å². The number of carboxylic acid groups (broad SMARTS) is 2. The minimum atomic E-state index is -1.59. The number of hydrogen-bond acceptors (Lipinski definition) is 12. The Bertz CT molecular complexity index is 1340. The number of aliphatic carboxylic acids is 2. The second-order valence-electron chi connectivity index (χ2n) is 12.1. The summed E-state index contributed by atoms with van der Waals surface area (Å²) in [4.78, 5) is 124. The monoisotopic (exact) mass is 729 g/mol. The van der Waals surface area contributed by atoms with Gasteiger partial charge in [-0.25, -0.2) is 4.79 Å². The van der Waals surface area contributed by atoms with Gasteiger partial charge >= 0.3 is 11.9 Å². The van der Waals surface area contributed by atoms with E-state index >= 15 is 0 Å². The van der Waals surface area contributed by atoms with E-state index in [1.165, 1.54) is 13.8 Å². The molecule has 14 N–H and O–H groups in total. The number of nitrogens with two attached hydrogens (primary N) is 3. The van der Waals surface area contributed by atoms with E-state index in [2.05, 4.69) is 26.6 Å². The second-order valence-corrected chi connectivity index (χ2v) is 12.1. The van der Waals surface area contributed by atoms with Crippen LogP contribution in [0.3, 0.4) is 0 Å². The van der Waals surface area contributed by atoms with Gasteiger partial charge in [0.15, 0.2) is 0 Å². The van der Waals surface area contributed by atoms with Gasteiger partial charge in [-0.05, 0) is 31.6 Å². The van der Waals surface area contributed by atoms with Crippen molar-refractivity contribution in [3.63, 3.8) is 0 Å². The van der Waals surface area contributed by atoms with Crippen LogP contribution in [-0.4, -0.2) is 135 Å². The van der Waals surface area contributed by atoms with Gasteiger partial charge in [-0.1, -0.05) is 13.8 Å². The van der Waals surface area contributed by atoms with Crippen molar-refractivity contribution in [1.29, 1.82) is 0 Å². The predicted molar refractivity (Wildman–Crippen MR) is 172 cm³/mol. The zero-order valence-electron chi connectivity index (χ0n) is 28.2. The highest BCUT2D eigenvalue weighted by Gasteiger charge is 2.39. The topological polar surface area (TPSA) is 373 Å². The Hall–Kier alpha value is -5.38. The summed E-state index contributed by atoms with van der Waals surface area (Å²) < 4.78 is 0. The molecule has 0 saturated carbocycles. The fraction of sp³-hybridized carbons (Fsp3) is 0.655. The number of carbonyl (C=O) groups is 10. The van der Waals surface area contributed by atoms with E-state index < -0.39 is 147 Å². The van der Waals surface area contributed by atoms with Crippen molar-refractivity contribution in [2.24, 2.45) is 23.1 Å². The largest absolute Gasteiger partial charge is 0.481 e. The second kappa shape index (κ2) is 21.0. The van der Waals surface area contributed by atoms with Crippen molar-refractivity contribution in [2.75, 3.05) is 19.7 Å². The number of nitrogens with one attached hydrogen (secondary N) is 5. The molecule has 1 aliphatic rings. The molecule has 22 nitrogen and oxygen atoms in total. The quantitative estimate of drug-likeness (QED) is 0.0494. The summed E-state index contributed by atoms with van der Waals surface area (Å²) in [6, 6.07) is -8.63. The molecule has 0 aromatic carbocycles. The number of nitrogens with zero attached hydrogens (tertiary/aromatic N) is 1. The standard InChI is InChI=1S/C29H47N9O13/c1-13(2)23(27(48)36-17(12-39)28(49)38-9-3-4-18(38)29(50)51)37-26(47)16(5-7-19(31)40)35-25(46)15(6-8-22(43)44)34-21(42)11-33-24(45)14(30)10-20(32)41/h13-18,23,39H,3-12,30H2,1-2H3,(H2,31,40)(H2,32,41)(H,33,45)(H,34,42)(H,35,46)(H,36,48)(H,37,47)(H,43,44)(H,50,51)/t14-,15-,16-,17-,18-,23-/m0/s1. The van der Waals surface area contributed by atoms with E-state index in [0.717, 1.165) is 4.90 Å². The van der Waals surface area contributed by atoms with Crippen LogP contribution in [-0.2, 0) is 47.9 Å². The van der Waals surface area contributed by atoms with Gasteiger partial charge in [-0.15, -0.1) is 0 Å². The number of likely N-dealkylation sites (tertiary alicyclic amines) is 1. The lowest BCUT2D eigenvalue weighted by Crippen LogP contribution is -2.60. The van der Waals surface area contributed by atoms with E-state index in [4.69, 9.17) is 22.3 Å². The molecule has 0 aromatic heterocycles. The van der Waals surface area contributed by atoms with Crippen molar-refractivity contribution in [3.8, 4) is 0 Å². The summed E-state index contributed by atoms with van der Waals surface area (Å²) in [6.45, 7) is 1.49. The van der Waals surface area contributed by atoms with E-state index in [0.29, 0.717) is 6.42 Å². The first kappa shape index (κ1) is 43.6. The van der Waals surface area contributed by atoms with Gasteiger partial charge in [-0.2, -0.15) is 0 Å². The number of carboxylic acids is 2. The number of carbonyl (C=O) groups excluding carboxylic acids is 8. The lowest BCUT2D eigenvalue weighted by atomic mass is 10.0. The SMILES string of the molecule is CC(C)[C@H](NC(=O)[C@H](CCC(N)=O)NC(=O)[C@H](CCC(=O)O)NC(=O)CNC(=O)[C@@H](N)CC(N)=O)C(=O)N[C@@H](CO)C(=O)N1CCC[C@H]1C(=O)O. The summed E-state index contributed by atoms with van der Waals surface area (Å²) in [5, 5.41) is 39.8. The molecule has 0 spiro atoms. The Morgan fingerprint density at radius 3 is 1.86 bits per heavy atom. The minimum absolute atomic E-state index is 0.0848. The number of aliphatic hydroxyl groups excluding tert-OH is 1. The van der Waals surface area contributed by atoms with E-state index in [1.807, 2.05) is 0 Å². The lowest BCUT2D eigenvalue weighted by molar-refractivity contribution is -0.150. The fourth-order valence-electron chi connectivity index (χ4n) is 4.94. The molecule has 51 heavy (non-hydrogen) atoms. The molecule has 1 heterocycles. The molecular weight excluding hydrogens is 682 g/mol. The van der Waals surface area contributed by atoms with Crippen LogP contribution >= 0.6 is 0 Å². The highest BCUT2D eigenvalue weighted by atomic mass is 16.4. The number of aliphatic hydroxyl groups is 1. The molecule has 1 fully saturated rings. The first-order valence-electron chi connectivity index (χ1n) is 15.9. The molecule has 1 saturated heterocycles. The minimum Gasteiger partial charge on any atom is -0.481 e. The highest BCUT2D eigenvalue weighted by Crippen LogP contribution is 2.18. The molecule has 22 heteroatoms. The molecule has 0 bridgehead atoms. The van der Waals surface area contributed by atoms with Crippen molar-refractivity contribution >= 4 is 59.2 Å². The number of primary amides is 2. The van der Waals surface area contributed by atoms with Crippen molar-refractivity contribution < 1.29 is 63.3 Å². The summed E-state index contributed by atoms with van der Waals surface area (Å²) in [7, 11) is 0. The molecule has 8 amide bonds. The summed E-state index contributed by atoms with van der Waals surface area (Å²) in [5.41, 5.74) is 15.7. The molecular formula is C29H47N9O13. The molecule has 286 valence electrons. The van der Waals surface area contributed by atoms with Crippen LogP contribution in [0.4, 0.5) is 0 Å². The first-order valence-corrected chi connectivity index (χ1v) is 15.9. The van der Waals surface area contributed by atoms with Crippen LogP contribution in [0.1, 0.15) is 58.8 Å². The third-order valence-corrected chi connectivity index (χ3v) is 7.66. The van der Waals surface area contributed by atoms with Crippen molar-refractivity contribution in [1.82, 2.24) is 31.5 Å². The Morgan fingerprint density at radius 2 is 1.33 bits per heavy atom. The summed E-state index contributed by atoms with van der Waals surface area (Å²) in [5.74, 6) is -10.8. The van der Waals surface area contributed by atoms with E-state index in [9.17, 15) is 58.2 Å². The fourth-order valence-corrected chi connectivity index (χ4v) is 4.94. The number of amides is 8. The number of hydrogen-bond donors (Lipinski definition) is 11. The van der Waals surface area contributed by atoms with Gasteiger partial charge in [0.25, 0.3) is 0 Å². The van der Waals surface area contributed by atoms with Gasteiger partial charge in [-0.3, -0.25) is 43.2 Å². The van der Waals surface area contributed by atoms with Gasteiger partial charge in [0.1, 0.15) is 30.2 Å². The average Bonchev–Trinajstić information content (AvgIpc) is 3.54. The zero-order chi connectivity index (χ0) is 39.0. The third-order valence-electron chi connectivity index (χ3n) is 7.66. The summed E-state index contributed by atoms with van der Waals surface area (Å²) >= 11 is 0. The van der Waals surface area contributed by atoms with Gasteiger partial charge in [0.2, 0.25) is 47.3 Å². The van der Waals surface area contributed by atoms with Crippen LogP contribution in [0.15, 0.2) is 0 Å². The molecule has 6 atom stereocenters. The normalized spacial score (nSPS) is 16.8. The van der Waals surface area contributed by atoms with Gasteiger partial charge in [0, 0.05) is 19.4 Å². The van der Waals surface area contributed by atoms with E-state index in [-0.39, 0.29) is 13.0 Å². The molecule has 1 rings (SSSR count). The molecule has 0 aliphatic carbocycles. The Balaban J connectivity index is 3.12. The summed E-state index contributed by atoms with van der Waals surface area (Å²) in [6.07, 6.45) is -1.91. The average molecular weight is 730 g/mol. The Morgan fingerprint density at radius 1 is 0.765 bits per heavy atom. The maximum absolute atomic E-state index is 13.4. The van der Waals surface area contributed by atoms with Gasteiger partial charge in [0.05, 0.1) is 25.6 Å². The molecule has 0 radical (unpaired) electrons. The molecule has 0 unspecified atom stereocenters. The third kappa shape index (κ3) is 15.0. The smallest absolute Gasteiger partial charge is 0.326 e. The molecule has 0 aromatic rings. The van der Waals surface area contributed by atoms with Crippen LogP contribution in [0.25, 0.3) is 0 Å². The zero-order valence-corrected chi connectivity index (χ0v) is 28.2. The van der Waals surface area contributed by atoms with Crippen LogP contribution in [0, 0.1) is 5.92 Å². The van der Waals surface area contributed by atoms with E-state index in [1.54, 1.807) is 0 Å². The van der Waals surface area contributed by atoms with Gasteiger partial charge < -0.3 is 64.0 Å².